The molecule has 2 heterocycles. The van der Waals surface area contributed by atoms with E-state index in [9.17, 15) is 19.5 Å². The zero-order valence-electron chi connectivity index (χ0n) is 18.9. The summed E-state index contributed by atoms with van der Waals surface area (Å²) in [6.07, 6.45) is -0.811. The third-order valence-corrected chi connectivity index (χ3v) is 5.81. The Balaban J connectivity index is 1.25. The number of hydrogen-bond acceptors (Lipinski definition) is 6. The molecule has 0 radical (unpaired) electrons. The van der Waals surface area contributed by atoms with Gasteiger partial charge in [0, 0.05) is 35.4 Å². The molecule has 184 valence electrons. The number of H-pyrrole nitrogens is 1. The predicted molar refractivity (Wildman–Crippen MR) is 130 cm³/mol. The molecule has 0 spiro atoms. The van der Waals surface area contributed by atoms with Crippen LogP contribution in [0.2, 0.25) is 5.02 Å². The molecular weight excluding hydrogens is 476 g/mol. The van der Waals surface area contributed by atoms with Gasteiger partial charge in [0.25, 0.3) is 5.56 Å². The molecule has 4 rings (SSSR count). The Hall–Kier alpha value is -3.60. The van der Waals surface area contributed by atoms with Crippen LogP contribution in [0.1, 0.15) is 23.8 Å². The van der Waals surface area contributed by atoms with Crippen molar-refractivity contribution >= 4 is 23.3 Å². The van der Waals surface area contributed by atoms with Gasteiger partial charge in [-0.25, -0.2) is 9.59 Å². The van der Waals surface area contributed by atoms with Crippen molar-refractivity contribution in [3.8, 4) is 5.75 Å². The third-order valence-electron chi connectivity index (χ3n) is 5.56. The molecule has 1 aromatic heterocycles. The molecule has 2 aromatic carbocycles. The summed E-state index contributed by atoms with van der Waals surface area (Å²) in [5.41, 5.74) is 0.799. The molecule has 0 aliphatic carbocycles. The summed E-state index contributed by atoms with van der Waals surface area (Å²) in [4.78, 5) is 38.1. The molecule has 0 bridgehead atoms. The van der Waals surface area contributed by atoms with E-state index in [1.165, 1.54) is 10.8 Å². The van der Waals surface area contributed by atoms with Crippen molar-refractivity contribution < 1.29 is 19.4 Å². The smallest absolute Gasteiger partial charge is 0.330 e. The summed E-state index contributed by atoms with van der Waals surface area (Å²) in [6, 6.07) is 13.8. The molecule has 1 aliphatic rings. The summed E-state index contributed by atoms with van der Waals surface area (Å²) in [7, 11) is 0. The number of nitrogens with zero attached hydrogens (tertiary/aromatic N) is 1. The van der Waals surface area contributed by atoms with E-state index in [-0.39, 0.29) is 13.0 Å². The summed E-state index contributed by atoms with van der Waals surface area (Å²) < 4.78 is 12.7. The molecule has 35 heavy (non-hydrogen) atoms. The molecule has 1 saturated heterocycles. The average molecular weight is 501 g/mol. The number of carbonyl (C=O) groups is 1. The van der Waals surface area contributed by atoms with Crippen LogP contribution in [0.4, 0.5) is 10.5 Å². The van der Waals surface area contributed by atoms with Gasteiger partial charge in [0.15, 0.2) is 0 Å². The van der Waals surface area contributed by atoms with Crippen LogP contribution in [0.25, 0.3) is 0 Å². The average Bonchev–Trinajstić information content (AvgIpc) is 3.20. The molecule has 0 saturated carbocycles. The first-order valence-corrected chi connectivity index (χ1v) is 11.3. The molecule has 2 amide bonds. The highest BCUT2D eigenvalue weighted by Crippen LogP contribution is 2.27. The van der Waals surface area contributed by atoms with Crippen molar-refractivity contribution in [3.05, 3.63) is 91.7 Å². The first-order chi connectivity index (χ1) is 16.8. The second-order valence-corrected chi connectivity index (χ2v) is 8.62. The number of aromatic amines is 1. The van der Waals surface area contributed by atoms with Gasteiger partial charge in [-0.3, -0.25) is 14.3 Å². The number of aryl methyl sites for hydroxylation is 1. The molecule has 3 atom stereocenters. The molecule has 11 heteroatoms. The lowest BCUT2D eigenvalue weighted by atomic mass is 10.2. The Morgan fingerprint density at radius 1 is 1.20 bits per heavy atom. The monoisotopic (exact) mass is 500 g/mol. The molecule has 1 fully saturated rings. The van der Waals surface area contributed by atoms with Gasteiger partial charge in [-0.05, 0) is 48.9 Å². The molecule has 1 aliphatic heterocycles. The lowest BCUT2D eigenvalue weighted by Gasteiger charge is -2.17. The number of urea groups is 1. The highest BCUT2D eigenvalue weighted by atomic mass is 35.5. The van der Waals surface area contributed by atoms with Crippen LogP contribution in [0.15, 0.2) is 64.3 Å². The Labute approximate surface area is 205 Å². The van der Waals surface area contributed by atoms with Crippen molar-refractivity contribution in [2.45, 2.75) is 38.4 Å². The lowest BCUT2D eigenvalue weighted by Crippen LogP contribution is -2.39. The van der Waals surface area contributed by atoms with Gasteiger partial charge >= 0.3 is 11.7 Å². The minimum atomic E-state index is -0.892. The number of aromatic nitrogens is 2. The van der Waals surface area contributed by atoms with Crippen LogP contribution in [-0.4, -0.2) is 39.4 Å². The van der Waals surface area contributed by atoms with E-state index in [1.807, 2.05) is 12.1 Å². The van der Waals surface area contributed by atoms with E-state index in [0.717, 1.165) is 5.56 Å². The Morgan fingerprint density at radius 2 is 1.91 bits per heavy atom. The number of halogens is 1. The van der Waals surface area contributed by atoms with Crippen molar-refractivity contribution in [1.29, 1.82) is 0 Å². The van der Waals surface area contributed by atoms with Crippen molar-refractivity contribution in [1.82, 2.24) is 14.9 Å². The number of rotatable bonds is 7. The number of carbonyl (C=O) groups excluding carboxylic acids is 1. The quantitative estimate of drug-likeness (QED) is 0.394. The molecule has 4 N–H and O–H groups in total. The number of nitrogens with one attached hydrogen (secondary N) is 3. The van der Waals surface area contributed by atoms with E-state index in [0.29, 0.717) is 28.6 Å². The van der Waals surface area contributed by atoms with Crippen LogP contribution in [-0.2, 0) is 11.3 Å². The summed E-state index contributed by atoms with van der Waals surface area (Å²) in [6.45, 7) is 1.99. The second-order valence-electron chi connectivity index (χ2n) is 8.19. The number of anilines is 1. The van der Waals surface area contributed by atoms with E-state index in [2.05, 4.69) is 15.6 Å². The van der Waals surface area contributed by atoms with Gasteiger partial charge < -0.3 is 25.2 Å². The largest absolute Gasteiger partial charge is 0.489 e. The van der Waals surface area contributed by atoms with Gasteiger partial charge in [0.05, 0.1) is 6.10 Å². The van der Waals surface area contributed by atoms with Crippen LogP contribution >= 0.6 is 11.6 Å². The number of aliphatic hydroxyl groups is 1. The number of aliphatic hydroxyl groups excluding tert-OH is 1. The topological polar surface area (TPSA) is 135 Å². The molecule has 3 aromatic rings. The molecule has 0 unspecified atom stereocenters. The zero-order chi connectivity index (χ0) is 24.9. The number of benzene rings is 2. The van der Waals surface area contributed by atoms with Gasteiger partial charge in [-0.1, -0.05) is 23.7 Å². The minimum Gasteiger partial charge on any atom is -0.489 e. The lowest BCUT2D eigenvalue weighted by molar-refractivity contribution is -0.0178. The maximum atomic E-state index is 12.3. The first-order valence-electron chi connectivity index (χ1n) is 11.0. The number of ether oxygens (including phenoxy) is 2. The summed E-state index contributed by atoms with van der Waals surface area (Å²) in [5, 5.41) is 16.3. The zero-order valence-corrected chi connectivity index (χ0v) is 19.6. The normalized spacial score (nSPS) is 19.3. The van der Waals surface area contributed by atoms with Crippen molar-refractivity contribution in [2.24, 2.45) is 0 Å². The summed E-state index contributed by atoms with van der Waals surface area (Å²) in [5.74, 6) is 0.646. The molecular formula is C24H25ClN4O6. The Bertz CT molecular complexity index is 1290. The number of hydrogen-bond donors (Lipinski definition) is 4. The van der Waals surface area contributed by atoms with Crippen LogP contribution in [0.3, 0.4) is 0 Å². The van der Waals surface area contributed by atoms with Gasteiger partial charge in [-0.2, -0.15) is 0 Å². The van der Waals surface area contributed by atoms with E-state index < -0.39 is 35.7 Å². The summed E-state index contributed by atoms with van der Waals surface area (Å²) >= 11 is 5.88. The standard InChI is InChI=1S/C24H25ClN4O6/c1-14-12-29(24(33)28-22(14)31)21-10-19(30)20(35-21)11-26-23(32)27-17-6-8-18(9-7-17)34-13-15-2-4-16(25)5-3-15/h2-9,12,19-21,30H,10-11,13H2,1H3,(H2,26,27,32)(H,28,31,33)/t19-,20+,21-/m0/s1. The highest BCUT2D eigenvalue weighted by Gasteiger charge is 2.35. The fourth-order valence-corrected chi connectivity index (χ4v) is 3.75. The Kier molecular flexibility index (Phi) is 7.54. The van der Waals surface area contributed by atoms with Crippen LogP contribution < -0.4 is 26.6 Å². The molecule has 10 nitrogen and oxygen atoms in total. The fraction of sp³-hybridized carbons (Fsp3) is 0.292. The highest BCUT2D eigenvalue weighted by molar-refractivity contribution is 6.30. The maximum absolute atomic E-state index is 12.3. The Morgan fingerprint density at radius 3 is 2.63 bits per heavy atom. The van der Waals surface area contributed by atoms with E-state index in [1.54, 1.807) is 43.3 Å². The van der Waals surface area contributed by atoms with Crippen molar-refractivity contribution in [2.75, 3.05) is 11.9 Å². The fourth-order valence-electron chi connectivity index (χ4n) is 3.62. The third kappa shape index (κ3) is 6.30. The van der Waals surface area contributed by atoms with Crippen molar-refractivity contribution in [3.63, 3.8) is 0 Å². The minimum absolute atomic E-state index is 0.0306. The van der Waals surface area contributed by atoms with Gasteiger partial charge in [0.1, 0.15) is 24.7 Å². The SMILES string of the molecule is Cc1cn([C@@H]2C[C@H](O)[C@@H](CNC(=O)Nc3ccc(OCc4ccc(Cl)cc4)cc3)O2)c(=O)[nH]c1=O. The van der Waals surface area contributed by atoms with Crippen LogP contribution in [0, 0.1) is 6.92 Å². The van der Waals surface area contributed by atoms with Crippen LogP contribution in [0.5, 0.6) is 5.75 Å². The number of amides is 2. The van der Waals surface area contributed by atoms with E-state index in [4.69, 9.17) is 21.1 Å². The van der Waals surface area contributed by atoms with Gasteiger partial charge in [0.2, 0.25) is 0 Å². The second kappa shape index (κ2) is 10.8. The maximum Gasteiger partial charge on any atom is 0.330 e. The van der Waals surface area contributed by atoms with E-state index >= 15 is 0 Å². The first kappa shape index (κ1) is 24.5. The van der Waals surface area contributed by atoms with Gasteiger partial charge in [-0.15, -0.1) is 0 Å². The predicted octanol–water partition coefficient (Wildman–Crippen LogP) is 2.55.